The highest BCUT2D eigenvalue weighted by Crippen LogP contribution is 2.10. The zero-order chi connectivity index (χ0) is 9.84. The topological polar surface area (TPSA) is 88.8 Å². The van der Waals surface area contributed by atoms with Gasteiger partial charge in [0.2, 0.25) is 5.96 Å². The Hall–Kier alpha value is -1.26. The third-order valence-corrected chi connectivity index (χ3v) is 1.78. The molecule has 5 nitrogen and oxygen atoms in total. The number of nitrogens with two attached hydrogens (primary N) is 2. The average molecular weight is 183 g/mol. The first kappa shape index (κ1) is 9.83. The lowest BCUT2D eigenvalue weighted by atomic mass is 10.1. The van der Waals surface area contributed by atoms with Gasteiger partial charge in [0.1, 0.15) is 0 Å². The van der Waals surface area contributed by atoms with Crippen LogP contribution in [0.5, 0.6) is 0 Å². The molecule has 0 saturated heterocycles. The molecule has 1 aliphatic heterocycles. The van der Waals surface area contributed by atoms with Gasteiger partial charge in [0, 0.05) is 6.54 Å². The lowest BCUT2D eigenvalue weighted by molar-refractivity contribution is 0.508. The van der Waals surface area contributed by atoms with Crippen molar-refractivity contribution in [3.8, 4) is 0 Å². The molecule has 5 N–H and O–H groups in total. The van der Waals surface area contributed by atoms with Crippen LogP contribution in [0.25, 0.3) is 0 Å². The first-order chi connectivity index (χ1) is 6.08. The van der Waals surface area contributed by atoms with Crippen molar-refractivity contribution >= 4 is 11.9 Å². The summed E-state index contributed by atoms with van der Waals surface area (Å²) in [5, 5.41) is 3.05. The first-order valence-electron chi connectivity index (χ1n) is 4.49. The molecule has 1 atom stereocenters. The van der Waals surface area contributed by atoms with Gasteiger partial charge in [-0.05, 0) is 12.3 Å². The average Bonchev–Trinajstić information content (AvgIpc) is 2.33. The standard InChI is InChI=1S/C8H17N5/c1-5(2)3-6-4-11-8(12-6)13-7(9)10/h5-6H,3-4H2,1-2H3,(H5,9,10,11,12,13)/t6-/m0/s1. The fourth-order valence-corrected chi connectivity index (χ4v) is 1.34. The predicted octanol–water partition coefficient (Wildman–Crippen LogP) is -0.366. The predicted molar refractivity (Wildman–Crippen MR) is 54.5 cm³/mol. The van der Waals surface area contributed by atoms with Crippen LogP contribution in [0.4, 0.5) is 0 Å². The lowest BCUT2D eigenvalue weighted by Crippen LogP contribution is -2.28. The highest BCUT2D eigenvalue weighted by molar-refractivity contribution is 5.94. The molecule has 1 aliphatic rings. The first-order valence-corrected chi connectivity index (χ1v) is 4.49. The molecule has 0 aromatic heterocycles. The maximum absolute atomic E-state index is 5.23. The minimum absolute atomic E-state index is 0.0523. The van der Waals surface area contributed by atoms with E-state index in [4.69, 9.17) is 11.5 Å². The van der Waals surface area contributed by atoms with Crippen LogP contribution >= 0.6 is 0 Å². The van der Waals surface area contributed by atoms with E-state index in [9.17, 15) is 0 Å². The highest BCUT2D eigenvalue weighted by atomic mass is 15.2. The Morgan fingerprint density at radius 3 is 2.92 bits per heavy atom. The molecule has 1 heterocycles. The van der Waals surface area contributed by atoms with Gasteiger partial charge in [-0.2, -0.15) is 4.99 Å². The number of guanidine groups is 2. The molecular formula is C8H17N5. The largest absolute Gasteiger partial charge is 0.370 e. The fourth-order valence-electron chi connectivity index (χ4n) is 1.34. The number of hydrogen-bond donors (Lipinski definition) is 3. The van der Waals surface area contributed by atoms with Crippen molar-refractivity contribution < 1.29 is 0 Å². The Balaban J connectivity index is 2.49. The van der Waals surface area contributed by atoms with Crippen molar-refractivity contribution in [2.75, 3.05) is 6.54 Å². The van der Waals surface area contributed by atoms with E-state index in [2.05, 4.69) is 29.1 Å². The molecule has 74 valence electrons. The summed E-state index contributed by atoms with van der Waals surface area (Å²) in [5.74, 6) is 1.26. The molecule has 0 saturated carbocycles. The summed E-state index contributed by atoms with van der Waals surface area (Å²) in [6.07, 6.45) is 1.07. The van der Waals surface area contributed by atoms with Crippen molar-refractivity contribution in [2.24, 2.45) is 27.4 Å². The van der Waals surface area contributed by atoms with E-state index in [1.807, 2.05) is 0 Å². The Morgan fingerprint density at radius 2 is 2.38 bits per heavy atom. The maximum Gasteiger partial charge on any atom is 0.221 e. The normalized spacial score (nSPS) is 21.2. The SMILES string of the molecule is CC(C)C[C@H]1CNC(N=C(N)N)=N1. The van der Waals surface area contributed by atoms with Gasteiger partial charge in [-0.15, -0.1) is 0 Å². The molecule has 0 unspecified atom stereocenters. The molecule has 1 rings (SSSR count). The van der Waals surface area contributed by atoms with Gasteiger partial charge in [-0.1, -0.05) is 13.8 Å². The van der Waals surface area contributed by atoms with Gasteiger partial charge in [-0.3, -0.25) is 0 Å². The van der Waals surface area contributed by atoms with Gasteiger partial charge < -0.3 is 16.8 Å². The van der Waals surface area contributed by atoms with E-state index in [0.29, 0.717) is 17.9 Å². The fraction of sp³-hybridized carbons (Fsp3) is 0.750. The molecule has 5 heteroatoms. The highest BCUT2D eigenvalue weighted by Gasteiger charge is 2.17. The van der Waals surface area contributed by atoms with Crippen LogP contribution in [0.1, 0.15) is 20.3 Å². The Kier molecular flexibility index (Phi) is 3.11. The second-order valence-electron chi connectivity index (χ2n) is 3.65. The molecule has 0 spiro atoms. The third kappa shape index (κ3) is 3.31. The van der Waals surface area contributed by atoms with Crippen molar-refractivity contribution in [3.05, 3.63) is 0 Å². The molecule has 0 aromatic rings. The number of hydrogen-bond acceptors (Lipinski definition) is 3. The minimum Gasteiger partial charge on any atom is -0.370 e. The van der Waals surface area contributed by atoms with Crippen molar-refractivity contribution in [1.29, 1.82) is 0 Å². The molecule has 0 aliphatic carbocycles. The van der Waals surface area contributed by atoms with Crippen LogP contribution in [0.2, 0.25) is 0 Å². The summed E-state index contributed by atoms with van der Waals surface area (Å²) in [5.41, 5.74) is 10.5. The van der Waals surface area contributed by atoms with E-state index in [0.717, 1.165) is 13.0 Å². The third-order valence-electron chi connectivity index (χ3n) is 1.78. The van der Waals surface area contributed by atoms with E-state index >= 15 is 0 Å². The molecule has 13 heavy (non-hydrogen) atoms. The summed E-state index contributed by atoms with van der Waals surface area (Å²) in [6.45, 7) is 5.19. The van der Waals surface area contributed by atoms with E-state index in [1.54, 1.807) is 0 Å². The van der Waals surface area contributed by atoms with Crippen LogP contribution < -0.4 is 16.8 Å². The smallest absolute Gasteiger partial charge is 0.221 e. The maximum atomic E-state index is 5.23. The summed E-state index contributed by atoms with van der Waals surface area (Å²) in [7, 11) is 0. The van der Waals surface area contributed by atoms with E-state index < -0.39 is 0 Å². The van der Waals surface area contributed by atoms with Crippen LogP contribution in [0, 0.1) is 5.92 Å². The van der Waals surface area contributed by atoms with Gasteiger partial charge >= 0.3 is 0 Å². The summed E-state index contributed by atoms with van der Waals surface area (Å²) in [4.78, 5) is 8.17. The quantitative estimate of drug-likeness (QED) is 0.403. The van der Waals surface area contributed by atoms with Crippen LogP contribution in [0.3, 0.4) is 0 Å². The zero-order valence-corrected chi connectivity index (χ0v) is 8.12. The molecule has 0 radical (unpaired) electrons. The van der Waals surface area contributed by atoms with Gasteiger partial charge in [-0.25, -0.2) is 4.99 Å². The molecule has 0 amide bonds. The van der Waals surface area contributed by atoms with Gasteiger partial charge in [0.15, 0.2) is 5.96 Å². The second-order valence-corrected chi connectivity index (χ2v) is 3.65. The van der Waals surface area contributed by atoms with Crippen molar-refractivity contribution in [1.82, 2.24) is 5.32 Å². The summed E-state index contributed by atoms with van der Waals surface area (Å²) in [6, 6.07) is 0.318. The van der Waals surface area contributed by atoms with Crippen LogP contribution in [-0.2, 0) is 0 Å². The van der Waals surface area contributed by atoms with Crippen molar-refractivity contribution in [3.63, 3.8) is 0 Å². The molecule has 0 bridgehead atoms. The summed E-state index contributed by atoms with van der Waals surface area (Å²) < 4.78 is 0. The number of aliphatic imine (C=N–C) groups is 2. The van der Waals surface area contributed by atoms with Crippen LogP contribution in [0.15, 0.2) is 9.98 Å². The molecule has 0 aromatic carbocycles. The van der Waals surface area contributed by atoms with E-state index in [-0.39, 0.29) is 5.96 Å². The van der Waals surface area contributed by atoms with Gasteiger partial charge in [0.05, 0.1) is 6.04 Å². The number of rotatable bonds is 2. The number of nitrogens with one attached hydrogen (secondary N) is 1. The van der Waals surface area contributed by atoms with Crippen LogP contribution in [-0.4, -0.2) is 24.5 Å². The summed E-state index contributed by atoms with van der Waals surface area (Å²) >= 11 is 0. The Labute approximate surface area is 78.3 Å². The Bertz CT molecular complexity index is 227. The van der Waals surface area contributed by atoms with Gasteiger partial charge in [0.25, 0.3) is 0 Å². The lowest BCUT2D eigenvalue weighted by Gasteiger charge is -2.07. The van der Waals surface area contributed by atoms with Crippen molar-refractivity contribution in [2.45, 2.75) is 26.3 Å². The second kappa shape index (κ2) is 4.11. The minimum atomic E-state index is 0.0523. The molecular weight excluding hydrogens is 166 g/mol. The number of nitrogens with zero attached hydrogens (tertiary/aromatic N) is 2. The van der Waals surface area contributed by atoms with E-state index in [1.165, 1.54) is 0 Å². The molecule has 0 fully saturated rings. The monoisotopic (exact) mass is 183 g/mol. The Morgan fingerprint density at radius 1 is 1.69 bits per heavy atom. The zero-order valence-electron chi connectivity index (χ0n) is 8.12.